The van der Waals surface area contributed by atoms with Gasteiger partial charge in [0.25, 0.3) is 0 Å². The lowest BCUT2D eigenvalue weighted by Crippen LogP contribution is -2.19. The number of benzene rings is 2. The van der Waals surface area contributed by atoms with Gasteiger partial charge in [-0.15, -0.1) is 0 Å². The number of aromatic nitrogens is 1. The smallest absolute Gasteiger partial charge is 0.227 e. The Morgan fingerprint density at radius 3 is 2.69 bits per heavy atom. The molecule has 4 nitrogen and oxygen atoms in total. The predicted octanol–water partition coefficient (Wildman–Crippen LogP) is 5.09. The third kappa shape index (κ3) is 2.92. The first-order chi connectivity index (χ1) is 12.7. The Morgan fingerprint density at radius 2 is 1.92 bits per heavy atom. The summed E-state index contributed by atoms with van der Waals surface area (Å²) in [5.74, 6) is 0.888. The Kier molecular flexibility index (Phi) is 4.33. The van der Waals surface area contributed by atoms with Crippen LogP contribution in [0.3, 0.4) is 0 Å². The van der Waals surface area contributed by atoms with Crippen molar-refractivity contribution in [3.63, 3.8) is 0 Å². The highest BCUT2D eigenvalue weighted by molar-refractivity contribution is 5.92. The van der Waals surface area contributed by atoms with Crippen molar-refractivity contribution in [2.45, 2.75) is 33.1 Å². The molecule has 0 fully saturated rings. The number of anilines is 1. The second-order valence-electron chi connectivity index (χ2n) is 6.87. The van der Waals surface area contributed by atoms with Crippen LogP contribution in [0.25, 0.3) is 22.6 Å². The number of carbonyl (C=O) groups excluding carboxylic acids is 1. The summed E-state index contributed by atoms with van der Waals surface area (Å²) >= 11 is 0. The maximum atomic E-state index is 12.0. The van der Waals surface area contributed by atoms with Crippen LogP contribution in [-0.4, -0.2) is 11.1 Å². The lowest BCUT2D eigenvalue weighted by atomic mass is 9.88. The van der Waals surface area contributed by atoms with E-state index in [1.54, 1.807) is 0 Å². The maximum absolute atomic E-state index is 12.0. The van der Waals surface area contributed by atoms with Gasteiger partial charge in [0.2, 0.25) is 5.91 Å². The summed E-state index contributed by atoms with van der Waals surface area (Å²) in [6.07, 6.45) is 2.76. The third-order valence-electron chi connectivity index (χ3n) is 5.18. The van der Waals surface area contributed by atoms with E-state index in [4.69, 9.17) is 4.52 Å². The highest BCUT2D eigenvalue weighted by Crippen LogP contribution is 2.38. The Labute approximate surface area is 153 Å². The maximum Gasteiger partial charge on any atom is 0.227 e. The van der Waals surface area contributed by atoms with Gasteiger partial charge in [-0.25, -0.2) is 0 Å². The average Bonchev–Trinajstić information content (AvgIpc) is 3.12. The quantitative estimate of drug-likeness (QED) is 0.716. The van der Waals surface area contributed by atoms with E-state index in [2.05, 4.69) is 28.7 Å². The molecule has 4 rings (SSSR count). The zero-order valence-corrected chi connectivity index (χ0v) is 15.1. The molecule has 0 unspecified atom stereocenters. The second kappa shape index (κ2) is 6.79. The largest absolute Gasteiger partial charge is 0.355 e. The van der Waals surface area contributed by atoms with Gasteiger partial charge in [0, 0.05) is 28.3 Å². The molecule has 0 spiro atoms. The van der Waals surface area contributed by atoms with Crippen molar-refractivity contribution in [2.24, 2.45) is 5.92 Å². The summed E-state index contributed by atoms with van der Waals surface area (Å²) < 4.78 is 5.70. The molecule has 0 saturated heterocycles. The Balaban J connectivity index is 1.60. The molecule has 26 heavy (non-hydrogen) atoms. The summed E-state index contributed by atoms with van der Waals surface area (Å²) in [4.78, 5) is 12.0. The van der Waals surface area contributed by atoms with Gasteiger partial charge in [-0.1, -0.05) is 43.3 Å². The van der Waals surface area contributed by atoms with Gasteiger partial charge in [-0.2, -0.15) is 0 Å². The fourth-order valence-electron chi connectivity index (χ4n) is 3.36. The van der Waals surface area contributed by atoms with E-state index >= 15 is 0 Å². The zero-order chi connectivity index (χ0) is 18.1. The summed E-state index contributed by atoms with van der Waals surface area (Å²) in [5, 5.41) is 7.29. The minimum Gasteiger partial charge on any atom is -0.355 e. The summed E-state index contributed by atoms with van der Waals surface area (Å²) in [6.45, 7) is 3.95. The molecule has 1 atom stereocenters. The number of amides is 1. The molecule has 4 heteroatoms. The summed E-state index contributed by atoms with van der Waals surface area (Å²) in [6, 6.07) is 16.2. The van der Waals surface area contributed by atoms with Crippen LogP contribution in [-0.2, 0) is 17.6 Å². The predicted molar refractivity (Wildman–Crippen MR) is 103 cm³/mol. The van der Waals surface area contributed by atoms with E-state index in [0.717, 1.165) is 42.0 Å². The molecule has 1 aliphatic rings. The van der Waals surface area contributed by atoms with E-state index in [0.29, 0.717) is 0 Å². The van der Waals surface area contributed by atoms with Crippen LogP contribution in [0.15, 0.2) is 53.1 Å². The third-order valence-corrected chi connectivity index (χ3v) is 5.18. The minimum absolute atomic E-state index is 0.0102. The number of rotatable bonds is 4. The zero-order valence-electron chi connectivity index (χ0n) is 15.1. The van der Waals surface area contributed by atoms with Crippen molar-refractivity contribution in [1.82, 2.24) is 5.16 Å². The van der Waals surface area contributed by atoms with Crippen LogP contribution in [0.4, 0.5) is 5.69 Å². The van der Waals surface area contributed by atoms with Gasteiger partial charge < -0.3 is 9.84 Å². The first kappa shape index (κ1) is 16.6. The number of hydrogen-bond donors (Lipinski definition) is 1. The SMILES string of the molecule is CC[C@@H](C)C(=O)Nc1ccc(-c2onc3c2CCc2ccccc2-3)cc1. The van der Waals surface area contributed by atoms with Crippen molar-refractivity contribution in [1.29, 1.82) is 0 Å². The van der Waals surface area contributed by atoms with Gasteiger partial charge in [-0.05, 0) is 49.1 Å². The van der Waals surface area contributed by atoms with Crippen LogP contribution in [0.1, 0.15) is 31.4 Å². The van der Waals surface area contributed by atoms with E-state index in [1.165, 1.54) is 16.7 Å². The van der Waals surface area contributed by atoms with Crippen molar-refractivity contribution >= 4 is 11.6 Å². The Hall–Kier alpha value is -2.88. The molecular weight excluding hydrogens is 324 g/mol. The first-order valence-electron chi connectivity index (χ1n) is 9.15. The van der Waals surface area contributed by atoms with Gasteiger partial charge in [0.15, 0.2) is 5.76 Å². The second-order valence-corrected chi connectivity index (χ2v) is 6.87. The van der Waals surface area contributed by atoms with Gasteiger partial charge in [0.1, 0.15) is 5.69 Å². The van der Waals surface area contributed by atoms with Crippen LogP contribution < -0.4 is 5.32 Å². The molecule has 1 aliphatic carbocycles. The molecule has 1 N–H and O–H groups in total. The lowest BCUT2D eigenvalue weighted by molar-refractivity contribution is -0.119. The molecular formula is C22H22N2O2. The van der Waals surface area contributed by atoms with E-state index in [9.17, 15) is 4.79 Å². The number of nitrogens with one attached hydrogen (secondary N) is 1. The van der Waals surface area contributed by atoms with Crippen molar-refractivity contribution in [3.8, 4) is 22.6 Å². The van der Waals surface area contributed by atoms with Crippen LogP contribution in [0.2, 0.25) is 0 Å². The molecule has 0 aliphatic heterocycles. The van der Waals surface area contributed by atoms with Crippen LogP contribution >= 0.6 is 0 Å². The molecule has 0 bridgehead atoms. The summed E-state index contributed by atoms with van der Waals surface area (Å²) in [5.41, 5.74) is 6.40. The van der Waals surface area contributed by atoms with Gasteiger partial charge in [-0.3, -0.25) is 4.79 Å². The topological polar surface area (TPSA) is 55.1 Å². The number of aryl methyl sites for hydroxylation is 1. The molecule has 3 aromatic rings. The normalized spacial score (nSPS) is 13.6. The molecule has 0 radical (unpaired) electrons. The standard InChI is InChI=1S/C22H22N2O2/c1-3-14(2)22(25)23-17-11-8-16(9-12-17)21-19-13-10-15-6-4-5-7-18(15)20(19)24-26-21/h4-9,11-12,14H,3,10,13H2,1-2H3,(H,23,25)/t14-/m1/s1. The molecule has 1 heterocycles. The van der Waals surface area contributed by atoms with Gasteiger partial charge in [0.05, 0.1) is 0 Å². The Morgan fingerprint density at radius 1 is 1.15 bits per heavy atom. The van der Waals surface area contributed by atoms with E-state index in [1.807, 2.05) is 44.2 Å². The molecule has 2 aromatic carbocycles. The number of hydrogen-bond acceptors (Lipinski definition) is 3. The van der Waals surface area contributed by atoms with E-state index < -0.39 is 0 Å². The minimum atomic E-state index is 0.0102. The number of carbonyl (C=O) groups is 1. The fourth-order valence-corrected chi connectivity index (χ4v) is 3.36. The summed E-state index contributed by atoms with van der Waals surface area (Å²) in [7, 11) is 0. The monoisotopic (exact) mass is 346 g/mol. The van der Waals surface area contributed by atoms with Gasteiger partial charge >= 0.3 is 0 Å². The fraction of sp³-hybridized carbons (Fsp3) is 0.273. The first-order valence-corrected chi connectivity index (χ1v) is 9.15. The molecule has 1 aromatic heterocycles. The average molecular weight is 346 g/mol. The van der Waals surface area contributed by atoms with E-state index in [-0.39, 0.29) is 11.8 Å². The molecule has 132 valence electrons. The van der Waals surface area contributed by atoms with Crippen LogP contribution in [0, 0.1) is 5.92 Å². The Bertz CT molecular complexity index is 941. The number of nitrogens with zero attached hydrogens (tertiary/aromatic N) is 1. The van der Waals surface area contributed by atoms with Crippen molar-refractivity contribution in [3.05, 3.63) is 59.7 Å². The number of fused-ring (bicyclic) bond motifs is 3. The lowest BCUT2D eigenvalue weighted by Gasteiger charge is -2.14. The highest BCUT2D eigenvalue weighted by atomic mass is 16.5. The van der Waals surface area contributed by atoms with Crippen LogP contribution in [0.5, 0.6) is 0 Å². The highest BCUT2D eigenvalue weighted by Gasteiger charge is 2.24. The van der Waals surface area contributed by atoms with Crippen molar-refractivity contribution < 1.29 is 9.32 Å². The molecule has 1 amide bonds. The van der Waals surface area contributed by atoms with Crippen molar-refractivity contribution in [2.75, 3.05) is 5.32 Å². The molecule has 0 saturated carbocycles.